The molecule has 0 aliphatic rings. The molecule has 0 saturated carbocycles. The van der Waals surface area contributed by atoms with Crippen LogP contribution in [0.3, 0.4) is 0 Å². The second-order valence-electron chi connectivity index (χ2n) is 6.42. The fraction of sp³-hybridized carbons (Fsp3) is 0.130. The summed E-state index contributed by atoms with van der Waals surface area (Å²) in [7, 11) is 1.63. The van der Waals surface area contributed by atoms with Crippen molar-refractivity contribution in [2.45, 2.75) is 6.42 Å². The predicted octanol–water partition coefficient (Wildman–Crippen LogP) is 5.03. The van der Waals surface area contributed by atoms with Crippen LogP contribution in [-0.4, -0.2) is 30.7 Å². The predicted molar refractivity (Wildman–Crippen MR) is 118 cm³/mol. The molecule has 0 atom stereocenters. The molecule has 7 heteroatoms. The summed E-state index contributed by atoms with van der Waals surface area (Å²) in [6.07, 6.45) is 0.710. The number of ether oxygens (including phenoxy) is 2. The number of hydrogen-bond donors (Lipinski definition) is 2. The van der Waals surface area contributed by atoms with Crippen molar-refractivity contribution in [2.24, 2.45) is 0 Å². The van der Waals surface area contributed by atoms with Gasteiger partial charge in [-0.25, -0.2) is 4.79 Å². The third-order valence-corrected chi connectivity index (χ3v) is 4.87. The number of carbonyl (C=O) groups excluding carboxylic acids is 1. The second kappa shape index (κ2) is 9.93. The molecule has 0 unspecified atom stereocenters. The first-order valence-electron chi connectivity index (χ1n) is 9.16. The molecular weight excluding hydrogens is 450 g/mol. The van der Waals surface area contributed by atoms with Gasteiger partial charge in [0.1, 0.15) is 11.5 Å². The Hall–Kier alpha value is -3.32. The summed E-state index contributed by atoms with van der Waals surface area (Å²) < 4.78 is 11.5. The molecule has 3 aromatic rings. The van der Waals surface area contributed by atoms with Gasteiger partial charge in [0.15, 0.2) is 0 Å². The third-order valence-electron chi connectivity index (χ3n) is 4.37. The van der Waals surface area contributed by atoms with Crippen LogP contribution in [0.4, 0.5) is 5.69 Å². The number of carboxylic acids is 1. The third kappa shape index (κ3) is 5.61. The van der Waals surface area contributed by atoms with Gasteiger partial charge in [-0.05, 0) is 54.1 Å². The number of carboxylic acid groups (broad SMARTS) is 1. The lowest BCUT2D eigenvalue weighted by Crippen LogP contribution is -2.15. The molecule has 0 aromatic heterocycles. The van der Waals surface area contributed by atoms with E-state index in [9.17, 15) is 14.7 Å². The lowest BCUT2D eigenvalue weighted by atomic mass is 10.1. The fourth-order valence-corrected chi connectivity index (χ4v) is 3.16. The number of benzene rings is 3. The van der Waals surface area contributed by atoms with E-state index in [4.69, 9.17) is 9.47 Å². The molecule has 1 amide bonds. The van der Waals surface area contributed by atoms with E-state index >= 15 is 0 Å². The minimum Gasteiger partial charge on any atom is -0.497 e. The minimum atomic E-state index is -1.12. The Morgan fingerprint density at radius 1 is 1.00 bits per heavy atom. The molecule has 154 valence electrons. The standard InChI is InChI=1S/C23H20BrNO5/c1-29-18-8-5-15(6-9-18)11-12-30-19-4-2-3-16(13-19)22(26)25-21-10-7-17(24)14-20(21)23(27)28/h2-10,13-14H,11-12H2,1H3,(H,25,26)(H,27,28). The SMILES string of the molecule is COc1ccc(CCOc2cccc(C(=O)Nc3ccc(Br)cc3C(=O)O)c2)cc1. The zero-order valence-corrected chi connectivity index (χ0v) is 17.8. The van der Waals surface area contributed by atoms with E-state index in [1.807, 2.05) is 24.3 Å². The summed E-state index contributed by atoms with van der Waals surface area (Å²) in [6, 6.07) is 19.2. The van der Waals surface area contributed by atoms with Crippen molar-refractivity contribution in [3.63, 3.8) is 0 Å². The van der Waals surface area contributed by atoms with Crippen LogP contribution in [0.2, 0.25) is 0 Å². The molecule has 0 heterocycles. The van der Waals surface area contributed by atoms with E-state index < -0.39 is 11.9 Å². The molecule has 3 aromatic carbocycles. The van der Waals surface area contributed by atoms with Gasteiger partial charge in [-0.3, -0.25) is 4.79 Å². The molecular formula is C23H20BrNO5. The van der Waals surface area contributed by atoms with Crippen molar-refractivity contribution in [1.82, 2.24) is 0 Å². The van der Waals surface area contributed by atoms with Crippen molar-refractivity contribution in [1.29, 1.82) is 0 Å². The van der Waals surface area contributed by atoms with Crippen molar-refractivity contribution in [3.8, 4) is 11.5 Å². The highest BCUT2D eigenvalue weighted by molar-refractivity contribution is 9.10. The largest absolute Gasteiger partial charge is 0.497 e. The lowest BCUT2D eigenvalue weighted by Gasteiger charge is -2.11. The second-order valence-corrected chi connectivity index (χ2v) is 7.34. The first kappa shape index (κ1) is 21.4. The zero-order chi connectivity index (χ0) is 21.5. The fourth-order valence-electron chi connectivity index (χ4n) is 2.80. The monoisotopic (exact) mass is 469 g/mol. The molecule has 0 radical (unpaired) electrons. The zero-order valence-electron chi connectivity index (χ0n) is 16.2. The van der Waals surface area contributed by atoms with Crippen molar-refractivity contribution < 1.29 is 24.2 Å². The van der Waals surface area contributed by atoms with Gasteiger partial charge in [-0.2, -0.15) is 0 Å². The molecule has 0 saturated heterocycles. The van der Waals surface area contributed by atoms with Gasteiger partial charge in [0.2, 0.25) is 0 Å². The van der Waals surface area contributed by atoms with E-state index in [0.29, 0.717) is 28.8 Å². The molecule has 6 nitrogen and oxygen atoms in total. The van der Waals surface area contributed by atoms with Crippen LogP contribution in [0.1, 0.15) is 26.3 Å². The normalized spacial score (nSPS) is 10.3. The van der Waals surface area contributed by atoms with Crippen LogP contribution in [-0.2, 0) is 6.42 Å². The Labute approximate surface area is 182 Å². The number of methoxy groups -OCH3 is 1. The highest BCUT2D eigenvalue weighted by Gasteiger charge is 2.14. The van der Waals surface area contributed by atoms with Crippen molar-refractivity contribution in [2.75, 3.05) is 19.0 Å². The maximum Gasteiger partial charge on any atom is 0.337 e. The van der Waals surface area contributed by atoms with E-state index in [1.54, 1.807) is 43.5 Å². The Kier molecular flexibility index (Phi) is 7.08. The number of nitrogens with one attached hydrogen (secondary N) is 1. The smallest absolute Gasteiger partial charge is 0.337 e. The Bertz CT molecular complexity index is 1050. The van der Waals surface area contributed by atoms with Crippen LogP contribution >= 0.6 is 15.9 Å². The summed E-state index contributed by atoms with van der Waals surface area (Å²) in [6.45, 7) is 0.452. The first-order valence-corrected chi connectivity index (χ1v) is 9.95. The Balaban J connectivity index is 1.63. The number of aromatic carboxylic acids is 1. The van der Waals surface area contributed by atoms with Crippen LogP contribution < -0.4 is 14.8 Å². The summed E-state index contributed by atoms with van der Waals surface area (Å²) in [4.78, 5) is 24.0. The van der Waals surface area contributed by atoms with E-state index in [-0.39, 0.29) is 11.3 Å². The molecule has 0 aliphatic heterocycles. The van der Waals surface area contributed by atoms with Crippen molar-refractivity contribution >= 4 is 33.5 Å². The number of anilines is 1. The average Bonchev–Trinajstić information content (AvgIpc) is 2.75. The molecule has 30 heavy (non-hydrogen) atoms. The highest BCUT2D eigenvalue weighted by Crippen LogP contribution is 2.23. The average molecular weight is 470 g/mol. The minimum absolute atomic E-state index is 0.00428. The quantitative estimate of drug-likeness (QED) is 0.483. The van der Waals surface area contributed by atoms with Gasteiger partial charge in [0, 0.05) is 16.5 Å². The van der Waals surface area contributed by atoms with Gasteiger partial charge in [0.25, 0.3) is 5.91 Å². The summed E-state index contributed by atoms with van der Waals surface area (Å²) in [5.74, 6) is -0.178. The van der Waals surface area contributed by atoms with Gasteiger partial charge in [0.05, 0.1) is 25.0 Å². The lowest BCUT2D eigenvalue weighted by molar-refractivity contribution is 0.0698. The van der Waals surface area contributed by atoms with E-state index in [0.717, 1.165) is 11.3 Å². The Morgan fingerprint density at radius 2 is 1.77 bits per heavy atom. The van der Waals surface area contributed by atoms with E-state index in [1.165, 1.54) is 6.07 Å². The molecule has 3 rings (SSSR count). The van der Waals surface area contributed by atoms with Crippen LogP contribution in [0.5, 0.6) is 11.5 Å². The molecule has 0 aliphatic carbocycles. The van der Waals surface area contributed by atoms with Gasteiger partial charge in [-0.1, -0.05) is 34.1 Å². The summed E-state index contributed by atoms with van der Waals surface area (Å²) >= 11 is 3.23. The summed E-state index contributed by atoms with van der Waals surface area (Å²) in [5, 5.41) is 12.0. The van der Waals surface area contributed by atoms with Crippen LogP contribution in [0, 0.1) is 0 Å². The number of halogens is 1. The highest BCUT2D eigenvalue weighted by atomic mass is 79.9. The summed E-state index contributed by atoms with van der Waals surface area (Å²) in [5.41, 5.74) is 1.71. The van der Waals surface area contributed by atoms with Crippen molar-refractivity contribution in [3.05, 3.63) is 87.9 Å². The van der Waals surface area contributed by atoms with Gasteiger partial charge >= 0.3 is 5.97 Å². The molecule has 0 fully saturated rings. The van der Waals surface area contributed by atoms with Crippen LogP contribution in [0.15, 0.2) is 71.2 Å². The van der Waals surface area contributed by atoms with Gasteiger partial charge < -0.3 is 19.9 Å². The number of hydrogen-bond acceptors (Lipinski definition) is 4. The molecule has 0 bridgehead atoms. The topological polar surface area (TPSA) is 84.9 Å². The van der Waals surface area contributed by atoms with Crippen LogP contribution in [0.25, 0.3) is 0 Å². The number of amides is 1. The Morgan fingerprint density at radius 3 is 2.47 bits per heavy atom. The number of rotatable bonds is 8. The van der Waals surface area contributed by atoms with E-state index in [2.05, 4.69) is 21.2 Å². The number of carbonyl (C=O) groups is 2. The maximum atomic E-state index is 12.6. The first-order chi connectivity index (χ1) is 14.5. The maximum absolute atomic E-state index is 12.6. The van der Waals surface area contributed by atoms with Gasteiger partial charge in [-0.15, -0.1) is 0 Å². The molecule has 0 spiro atoms. The molecule has 2 N–H and O–H groups in total.